The molecule has 152 valence electrons. The molecule has 0 aliphatic heterocycles. The second kappa shape index (κ2) is 9.28. The standard InChI is InChI=1S/C22H20N4O2S2/c1-28-17-8-6-14(7-9-17)19-12-30-22(25-19)26-20(27)13-29-21-16(11-23)10-15-4-2-3-5-18(15)24-21/h6-10,12H,2-5,13H2,1H3,(H,25,26,27). The lowest BCUT2D eigenvalue weighted by Crippen LogP contribution is -2.14. The van der Waals surface area contributed by atoms with Crippen LogP contribution in [0.15, 0.2) is 40.7 Å². The smallest absolute Gasteiger partial charge is 0.236 e. The lowest BCUT2D eigenvalue weighted by molar-refractivity contribution is -0.113. The highest BCUT2D eigenvalue weighted by Gasteiger charge is 2.17. The molecule has 0 unspecified atom stereocenters. The van der Waals surface area contributed by atoms with Crippen LogP contribution in [0.1, 0.15) is 29.7 Å². The minimum atomic E-state index is -0.168. The molecule has 4 rings (SSSR count). The van der Waals surface area contributed by atoms with Gasteiger partial charge in [0.2, 0.25) is 5.91 Å². The number of anilines is 1. The summed E-state index contributed by atoms with van der Waals surface area (Å²) in [4.78, 5) is 21.6. The summed E-state index contributed by atoms with van der Waals surface area (Å²) >= 11 is 2.68. The van der Waals surface area contributed by atoms with E-state index < -0.39 is 0 Å². The lowest BCUT2D eigenvalue weighted by Gasteiger charge is -2.16. The fraction of sp³-hybridized carbons (Fsp3) is 0.273. The van der Waals surface area contributed by atoms with Crippen molar-refractivity contribution in [3.63, 3.8) is 0 Å². The number of rotatable bonds is 6. The Hall–Kier alpha value is -2.89. The first-order valence-corrected chi connectivity index (χ1v) is 11.5. The first-order valence-electron chi connectivity index (χ1n) is 9.62. The molecular formula is C22H20N4O2S2. The number of methoxy groups -OCH3 is 1. The summed E-state index contributed by atoms with van der Waals surface area (Å²) in [6.45, 7) is 0. The predicted molar refractivity (Wildman–Crippen MR) is 119 cm³/mol. The van der Waals surface area contributed by atoms with E-state index >= 15 is 0 Å². The number of nitriles is 1. The molecule has 6 nitrogen and oxygen atoms in total. The average Bonchev–Trinajstić information content (AvgIpc) is 3.25. The SMILES string of the molecule is COc1ccc(-c2csc(NC(=O)CSc3nc4c(cc3C#N)CCCC4)n2)cc1. The molecule has 0 radical (unpaired) electrons. The zero-order valence-corrected chi connectivity index (χ0v) is 18.1. The molecule has 0 atom stereocenters. The van der Waals surface area contributed by atoms with Crippen LogP contribution >= 0.6 is 23.1 Å². The number of hydrogen-bond acceptors (Lipinski definition) is 7. The van der Waals surface area contributed by atoms with Gasteiger partial charge in [-0.2, -0.15) is 5.26 Å². The molecule has 2 aromatic heterocycles. The van der Waals surface area contributed by atoms with Gasteiger partial charge in [-0.3, -0.25) is 4.79 Å². The fourth-order valence-electron chi connectivity index (χ4n) is 3.32. The van der Waals surface area contributed by atoms with Crippen molar-refractivity contribution in [2.75, 3.05) is 18.2 Å². The molecule has 0 spiro atoms. The van der Waals surface area contributed by atoms with Gasteiger partial charge in [-0.05, 0) is 61.6 Å². The van der Waals surface area contributed by atoms with Gasteiger partial charge < -0.3 is 10.1 Å². The first kappa shape index (κ1) is 20.4. The summed E-state index contributed by atoms with van der Waals surface area (Å²) in [5.41, 5.74) is 4.53. The molecule has 0 saturated carbocycles. The van der Waals surface area contributed by atoms with Gasteiger partial charge in [0.05, 0.1) is 24.1 Å². The summed E-state index contributed by atoms with van der Waals surface area (Å²) in [6, 6.07) is 11.8. The Labute approximate surface area is 183 Å². The van der Waals surface area contributed by atoms with Crippen molar-refractivity contribution in [2.24, 2.45) is 0 Å². The zero-order chi connectivity index (χ0) is 20.9. The van der Waals surface area contributed by atoms with Crippen molar-refractivity contribution in [2.45, 2.75) is 30.7 Å². The van der Waals surface area contributed by atoms with Gasteiger partial charge in [-0.1, -0.05) is 11.8 Å². The number of fused-ring (bicyclic) bond motifs is 1. The van der Waals surface area contributed by atoms with Crippen molar-refractivity contribution >= 4 is 34.1 Å². The second-order valence-corrected chi connectivity index (χ2v) is 8.69. The molecule has 8 heteroatoms. The van der Waals surface area contributed by atoms with Gasteiger partial charge in [-0.25, -0.2) is 9.97 Å². The van der Waals surface area contributed by atoms with Gasteiger partial charge in [0, 0.05) is 16.6 Å². The minimum absolute atomic E-state index is 0.168. The third kappa shape index (κ3) is 4.64. The number of aromatic nitrogens is 2. The quantitative estimate of drug-likeness (QED) is 0.564. The molecule has 1 amide bonds. The first-order chi connectivity index (χ1) is 14.7. The number of hydrogen-bond donors (Lipinski definition) is 1. The average molecular weight is 437 g/mol. The molecule has 0 saturated heterocycles. The predicted octanol–water partition coefficient (Wildman–Crippen LogP) is 4.69. The highest BCUT2D eigenvalue weighted by Crippen LogP contribution is 2.29. The van der Waals surface area contributed by atoms with Crippen LogP contribution in [0, 0.1) is 11.3 Å². The van der Waals surface area contributed by atoms with Crippen molar-refractivity contribution in [3.8, 4) is 23.1 Å². The van der Waals surface area contributed by atoms with E-state index in [0.717, 1.165) is 48.4 Å². The van der Waals surface area contributed by atoms with Gasteiger partial charge >= 0.3 is 0 Å². The van der Waals surface area contributed by atoms with E-state index in [1.165, 1.54) is 28.7 Å². The maximum absolute atomic E-state index is 12.4. The Bertz CT molecular complexity index is 1100. The topological polar surface area (TPSA) is 87.9 Å². The van der Waals surface area contributed by atoms with Gasteiger partial charge in [0.25, 0.3) is 0 Å². The number of benzene rings is 1. The molecule has 2 heterocycles. The number of nitrogens with one attached hydrogen (secondary N) is 1. The zero-order valence-electron chi connectivity index (χ0n) is 16.5. The third-order valence-electron chi connectivity index (χ3n) is 4.86. The summed E-state index contributed by atoms with van der Waals surface area (Å²) < 4.78 is 5.17. The van der Waals surface area contributed by atoms with Crippen LogP contribution in [-0.2, 0) is 17.6 Å². The van der Waals surface area contributed by atoms with Crippen molar-refractivity contribution < 1.29 is 9.53 Å². The monoisotopic (exact) mass is 436 g/mol. The van der Waals surface area contributed by atoms with Crippen LogP contribution in [-0.4, -0.2) is 28.7 Å². The summed E-state index contributed by atoms with van der Waals surface area (Å²) in [7, 11) is 1.63. The van der Waals surface area contributed by atoms with E-state index in [2.05, 4.69) is 21.4 Å². The number of thioether (sulfide) groups is 1. The van der Waals surface area contributed by atoms with Crippen LogP contribution in [0.3, 0.4) is 0 Å². The normalized spacial score (nSPS) is 12.7. The molecule has 1 aliphatic carbocycles. The Morgan fingerprint density at radius 1 is 1.27 bits per heavy atom. The maximum atomic E-state index is 12.4. The van der Waals surface area contributed by atoms with Crippen LogP contribution in [0.2, 0.25) is 0 Å². The number of carbonyl (C=O) groups excluding carboxylic acids is 1. The van der Waals surface area contributed by atoms with Crippen LogP contribution in [0.4, 0.5) is 5.13 Å². The number of thiazole rings is 1. The van der Waals surface area contributed by atoms with Crippen molar-refractivity contribution in [3.05, 3.63) is 52.5 Å². The Balaban J connectivity index is 1.39. The second-order valence-electron chi connectivity index (χ2n) is 6.87. The van der Waals surface area contributed by atoms with Gasteiger partial charge in [0.15, 0.2) is 5.13 Å². The van der Waals surface area contributed by atoms with E-state index in [-0.39, 0.29) is 11.7 Å². The molecule has 3 aromatic rings. The van der Waals surface area contributed by atoms with Gasteiger partial charge in [-0.15, -0.1) is 11.3 Å². The minimum Gasteiger partial charge on any atom is -0.497 e. The Morgan fingerprint density at radius 2 is 2.07 bits per heavy atom. The van der Waals surface area contributed by atoms with E-state index in [0.29, 0.717) is 15.7 Å². The highest BCUT2D eigenvalue weighted by molar-refractivity contribution is 8.00. The van der Waals surface area contributed by atoms with Gasteiger partial charge in [0.1, 0.15) is 16.8 Å². The molecular weight excluding hydrogens is 416 g/mol. The summed E-state index contributed by atoms with van der Waals surface area (Å²) in [5.74, 6) is 0.795. The molecule has 1 aliphatic rings. The third-order valence-corrected chi connectivity index (χ3v) is 6.61. The molecule has 1 N–H and O–H groups in total. The number of amides is 1. The van der Waals surface area contributed by atoms with Crippen LogP contribution < -0.4 is 10.1 Å². The van der Waals surface area contributed by atoms with Crippen LogP contribution in [0.5, 0.6) is 5.75 Å². The molecule has 30 heavy (non-hydrogen) atoms. The van der Waals surface area contributed by atoms with E-state index in [1.807, 2.05) is 35.7 Å². The number of ether oxygens (including phenoxy) is 1. The Kier molecular flexibility index (Phi) is 6.31. The van der Waals surface area contributed by atoms with E-state index in [4.69, 9.17) is 4.74 Å². The molecule has 0 fully saturated rings. The number of aryl methyl sites for hydroxylation is 2. The summed E-state index contributed by atoms with van der Waals surface area (Å²) in [5, 5.41) is 15.4. The number of pyridine rings is 1. The van der Waals surface area contributed by atoms with Crippen molar-refractivity contribution in [1.29, 1.82) is 5.26 Å². The number of nitrogens with zero attached hydrogens (tertiary/aromatic N) is 3. The largest absolute Gasteiger partial charge is 0.497 e. The fourth-order valence-corrected chi connectivity index (χ4v) is 4.83. The van der Waals surface area contributed by atoms with Crippen LogP contribution in [0.25, 0.3) is 11.3 Å². The highest BCUT2D eigenvalue weighted by atomic mass is 32.2. The lowest BCUT2D eigenvalue weighted by atomic mass is 9.95. The summed E-state index contributed by atoms with van der Waals surface area (Å²) in [6.07, 6.45) is 4.18. The Morgan fingerprint density at radius 3 is 2.83 bits per heavy atom. The van der Waals surface area contributed by atoms with E-state index in [9.17, 15) is 10.1 Å². The molecule has 0 bridgehead atoms. The number of carbonyl (C=O) groups is 1. The van der Waals surface area contributed by atoms with Crippen molar-refractivity contribution in [1.82, 2.24) is 9.97 Å². The maximum Gasteiger partial charge on any atom is 0.236 e. The van der Waals surface area contributed by atoms with E-state index in [1.54, 1.807) is 7.11 Å². The molecule has 1 aromatic carbocycles.